The van der Waals surface area contributed by atoms with Crippen LogP contribution in [-0.2, 0) is 14.3 Å². The van der Waals surface area contributed by atoms with Gasteiger partial charge in [0.15, 0.2) is 6.61 Å². The predicted molar refractivity (Wildman–Crippen MR) is 106 cm³/mol. The van der Waals surface area contributed by atoms with Gasteiger partial charge in [0.25, 0.3) is 0 Å². The molecule has 0 N–H and O–H groups in total. The van der Waals surface area contributed by atoms with E-state index in [0.29, 0.717) is 17.9 Å². The van der Waals surface area contributed by atoms with E-state index < -0.39 is 11.9 Å². The molecular formula is C21H21BrO6. The highest BCUT2D eigenvalue weighted by molar-refractivity contribution is 9.10. The Hall–Kier alpha value is -2.38. The molecule has 2 aromatic rings. The molecule has 1 saturated heterocycles. The normalized spacial score (nSPS) is 15.9. The molecule has 1 aliphatic rings. The molecule has 0 bridgehead atoms. The average Bonchev–Trinajstić information content (AvgIpc) is 3.19. The van der Waals surface area contributed by atoms with Crippen molar-refractivity contribution in [3.8, 4) is 11.5 Å². The van der Waals surface area contributed by atoms with E-state index in [2.05, 4.69) is 15.9 Å². The van der Waals surface area contributed by atoms with Crippen molar-refractivity contribution in [3.63, 3.8) is 0 Å². The number of hydrogen-bond acceptors (Lipinski definition) is 6. The fourth-order valence-corrected chi connectivity index (χ4v) is 3.34. The van der Waals surface area contributed by atoms with Gasteiger partial charge in [-0.3, -0.25) is 0 Å². The number of ether oxygens (including phenoxy) is 4. The van der Waals surface area contributed by atoms with E-state index in [4.69, 9.17) is 18.9 Å². The Kier molecular flexibility index (Phi) is 7.06. The second-order valence-electron chi connectivity index (χ2n) is 6.46. The Bertz CT molecular complexity index is 845. The fraction of sp³-hybridized carbons (Fsp3) is 0.333. The third-order valence-electron chi connectivity index (χ3n) is 4.16. The van der Waals surface area contributed by atoms with Crippen LogP contribution in [0.4, 0.5) is 0 Å². The lowest BCUT2D eigenvalue weighted by Gasteiger charge is -2.11. The van der Waals surface area contributed by atoms with Crippen LogP contribution in [0.5, 0.6) is 11.5 Å². The number of rotatable bonds is 7. The minimum atomic E-state index is -0.572. The average molecular weight is 449 g/mol. The van der Waals surface area contributed by atoms with Gasteiger partial charge in [-0.05, 0) is 71.6 Å². The lowest BCUT2D eigenvalue weighted by Crippen LogP contribution is -2.19. The number of carbonyl (C=O) groups excluding carboxylic acids is 2. The van der Waals surface area contributed by atoms with Gasteiger partial charge in [0.2, 0.25) is 0 Å². The molecule has 28 heavy (non-hydrogen) atoms. The largest absolute Gasteiger partial charge is 0.481 e. The van der Waals surface area contributed by atoms with Crippen LogP contribution < -0.4 is 9.47 Å². The summed E-state index contributed by atoms with van der Waals surface area (Å²) in [6.45, 7) is 2.63. The molecule has 2 aromatic carbocycles. The van der Waals surface area contributed by atoms with Crippen molar-refractivity contribution in [2.24, 2.45) is 0 Å². The molecular weight excluding hydrogens is 428 g/mol. The second kappa shape index (κ2) is 9.71. The number of halogens is 1. The Labute approximate surface area is 171 Å². The predicted octanol–water partition coefficient (Wildman–Crippen LogP) is 4.08. The Morgan fingerprint density at radius 3 is 2.82 bits per heavy atom. The molecule has 1 fully saturated rings. The number of carbonyl (C=O) groups is 2. The van der Waals surface area contributed by atoms with Crippen LogP contribution in [-0.4, -0.2) is 37.9 Å². The molecule has 0 radical (unpaired) electrons. The van der Waals surface area contributed by atoms with Crippen molar-refractivity contribution >= 4 is 27.9 Å². The highest BCUT2D eigenvalue weighted by atomic mass is 79.9. The maximum Gasteiger partial charge on any atom is 0.349 e. The van der Waals surface area contributed by atoms with Crippen molar-refractivity contribution in [2.75, 3.05) is 19.8 Å². The maximum atomic E-state index is 12.2. The molecule has 3 rings (SSSR count). The number of benzene rings is 2. The molecule has 0 aromatic heterocycles. The number of hydrogen-bond donors (Lipinski definition) is 0. The fourth-order valence-electron chi connectivity index (χ4n) is 2.73. The van der Waals surface area contributed by atoms with Gasteiger partial charge in [0.05, 0.1) is 16.1 Å². The topological polar surface area (TPSA) is 71.1 Å². The van der Waals surface area contributed by atoms with Gasteiger partial charge in [-0.15, -0.1) is 0 Å². The summed E-state index contributed by atoms with van der Waals surface area (Å²) in [5, 5.41) is 0. The summed E-state index contributed by atoms with van der Waals surface area (Å²) in [5.74, 6) is -0.247. The van der Waals surface area contributed by atoms with Crippen LogP contribution >= 0.6 is 15.9 Å². The van der Waals surface area contributed by atoms with Crippen molar-refractivity contribution in [2.45, 2.75) is 25.9 Å². The van der Waals surface area contributed by atoms with E-state index in [9.17, 15) is 9.59 Å². The second-order valence-corrected chi connectivity index (χ2v) is 7.31. The third kappa shape index (κ3) is 5.81. The lowest BCUT2D eigenvalue weighted by atomic mass is 10.2. The molecule has 0 amide bonds. The van der Waals surface area contributed by atoms with Crippen LogP contribution in [0, 0.1) is 6.92 Å². The first kappa shape index (κ1) is 20.4. The van der Waals surface area contributed by atoms with Gasteiger partial charge in [-0.25, -0.2) is 9.59 Å². The Balaban J connectivity index is 1.51. The molecule has 1 atom stereocenters. The smallest absolute Gasteiger partial charge is 0.349 e. The Morgan fingerprint density at radius 2 is 2.07 bits per heavy atom. The summed E-state index contributed by atoms with van der Waals surface area (Å²) < 4.78 is 22.2. The van der Waals surface area contributed by atoms with E-state index in [0.717, 1.165) is 22.9 Å². The minimum Gasteiger partial charge on any atom is -0.481 e. The van der Waals surface area contributed by atoms with Crippen molar-refractivity contribution in [3.05, 3.63) is 58.1 Å². The number of aryl methyl sites for hydroxylation is 1. The quantitative estimate of drug-likeness (QED) is 0.469. The molecule has 0 spiro atoms. The monoisotopic (exact) mass is 448 g/mol. The lowest BCUT2D eigenvalue weighted by molar-refractivity contribution is -0.136. The van der Waals surface area contributed by atoms with Crippen LogP contribution in [0.25, 0.3) is 0 Å². The summed E-state index contributed by atoms with van der Waals surface area (Å²) in [5.41, 5.74) is 1.38. The highest BCUT2D eigenvalue weighted by Gasteiger charge is 2.18. The number of esters is 2. The first-order valence-corrected chi connectivity index (χ1v) is 9.79. The third-order valence-corrected chi connectivity index (χ3v) is 4.78. The van der Waals surface area contributed by atoms with Gasteiger partial charge >= 0.3 is 11.9 Å². The summed E-state index contributed by atoms with van der Waals surface area (Å²) in [4.78, 5) is 24.2. The summed E-state index contributed by atoms with van der Waals surface area (Å²) in [7, 11) is 0. The van der Waals surface area contributed by atoms with Crippen molar-refractivity contribution in [1.29, 1.82) is 0 Å². The molecule has 1 aliphatic heterocycles. The zero-order valence-corrected chi connectivity index (χ0v) is 17.1. The minimum absolute atomic E-state index is 0.0387. The maximum absolute atomic E-state index is 12.2. The molecule has 6 nitrogen and oxygen atoms in total. The summed E-state index contributed by atoms with van der Waals surface area (Å²) in [6.07, 6.45) is 1.83. The standard InChI is InChI=1S/C21H21BrO6/c1-14-7-8-19(18(22)10-14)26-13-20(23)28-16-5-2-4-15(11-16)21(24)27-12-17-6-3-9-25-17/h2,4-5,7-8,10-11,17H,3,6,9,12-13H2,1H3. The van der Waals surface area contributed by atoms with E-state index in [1.807, 2.05) is 19.1 Å². The van der Waals surface area contributed by atoms with Crippen molar-refractivity contribution in [1.82, 2.24) is 0 Å². The van der Waals surface area contributed by atoms with Crippen LogP contribution in [0.3, 0.4) is 0 Å². The van der Waals surface area contributed by atoms with Gasteiger partial charge < -0.3 is 18.9 Å². The molecule has 0 aliphatic carbocycles. The van der Waals surface area contributed by atoms with Gasteiger partial charge in [0, 0.05) is 6.61 Å². The van der Waals surface area contributed by atoms with Crippen LogP contribution in [0.2, 0.25) is 0 Å². The molecule has 1 heterocycles. The zero-order valence-electron chi connectivity index (χ0n) is 15.5. The van der Waals surface area contributed by atoms with Crippen LogP contribution in [0.15, 0.2) is 46.9 Å². The van der Waals surface area contributed by atoms with E-state index >= 15 is 0 Å². The Morgan fingerprint density at radius 1 is 1.21 bits per heavy atom. The zero-order chi connectivity index (χ0) is 19.9. The van der Waals surface area contributed by atoms with E-state index in [1.165, 1.54) is 6.07 Å². The van der Waals surface area contributed by atoms with Crippen molar-refractivity contribution < 1.29 is 28.5 Å². The highest BCUT2D eigenvalue weighted by Crippen LogP contribution is 2.25. The van der Waals surface area contributed by atoms with Gasteiger partial charge in [-0.2, -0.15) is 0 Å². The first-order chi connectivity index (χ1) is 13.5. The first-order valence-electron chi connectivity index (χ1n) is 8.99. The van der Waals surface area contributed by atoms with E-state index in [-0.39, 0.29) is 25.1 Å². The van der Waals surface area contributed by atoms with E-state index in [1.54, 1.807) is 24.3 Å². The van der Waals surface area contributed by atoms with Gasteiger partial charge in [-0.1, -0.05) is 12.1 Å². The summed E-state index contributed by atoms with van der Waals surface area (Å²) in [6, 6.07) is 11.9. The SMILES string of the molecule is Cc1ccc(OCC(=O)Oc2cccc(C(=O)OCC3CCCO3)c2)c(Br)c1. The molecule has 148 valence electrons. The molecule has 1 unspecified atom stereocenters. The summed E-state index contributed by atoms with van der Waals surface area (Å²) >= 11 is 3.39. The molecule has 7 heteroatoms. The molecule has 0 saturated carbocycles. The van der Waals surface area contributed by atoms with Gasteiger partial charge in [0.1, 0.15) is 18.1 Å². The van der Waals surface area contributed by atoms with Crippen LogP contribution in [0.1, 0.15) is 28.8 Å².